The summed E-state index contributed by atoms with van der Waals surface area (Å²) >= 11 is 0. The number of rotatable bonds is 10. The third kappa shape index (κ3) is 5.62. The molecule has 25 heavy (non-hydrogen) atoms. The molecular formula is C15H20N2O8. The molecule has 0 spiro atoms. The van der Waals surface area contributed by atoms with Gasteiger partial charge in [0.1, 0.15) is 6.23 Å². The first-order chi connectivity index (χ1) is 12.0. The van der Waals surface area contributed by atoms with E-state index in [1.54, 1.807) is 0 Å². The minimum Gasteiger partial charge on any atom is -0.378 e. The number of hydrogen-bond acceptors (Lipinski definition) is 8. The molecule has 0 saturated carbocycles. The monoisotopic (exact) mass is 356 g/mol. The van der Waals surface area contributed by atoms with E-state index in [4.69, 9.17) is 9.47 Å². The first kappa shape index (κ1) is 19.0. The van der Waals surface area contributed by atoms with E-state index in [1.807, 2.05) is 0 Å². The number of hydroxylamine groups is 2. The van der Waals surface area contributed by atoms with Gasteiger partial charge in [0.2, 0.25) is 5.91 Å². The molecule has 1 fully saturated rings. The van der Waals surface area contributed by atoms with E-state index in [9.17, 15) is 24.3 Å². The van der Waals surface area contributed by atoms with Crippen LogP contribution < -0.4 is 0 Å². The van der Waals surface area contributed by atoms with Crippen LogP contribution in [0.25, 0.3) is 0 Å². The van der Waals surface area contributed by atoms with Crippen molar-refractivity contribution in [2.75, 3.05) is 33.0 Å². The molecule has 0 aromatic heterocycles. The molecular weight excluding hydrogens is 336 g/mol. The Bertz CT molecular complexity index is 546. The van der Waals surface area contributed by atoms with Crippen molar-refractivity contribution in [3.8, 4) is 0 Å². The summed E-state index contributed by atoms with van der Waals surface area (Å²) in [5.74, 6) is -2.03. The molecule has 0 radical (unpaired) electrons. The highest BCUT2D eigenvalue weighted by atomic mass is 16.7. The average Bonchev–Trinajstić information content (AvgIpc) is 3.06. The van der Waals surface area contributed by atoms with Crippen LogP contribution in [0.5, 0.6) is 0 Å². The van der Waals surface area contributed by atoms with Gasteiger partial charge in [-0.25, -0.2) is 4.79 Å². The molecule has 2 heterocycles. The van der Waals surface area contributed by atoms with Crippen LogP contribution in [-0.2, 0) is 33.5 Å². The van der Waals surface area contributed by atoms with Crippen LogP contribution in [0.2, 0.25) is 0 Å². The van der Waals surface area contributed by atoms with Crippen molar-refractivity contribution < 1.29 is 38.6 Å². The minimum atomic E-state index is -0.910. The lowest BCUT2D eigenvalue weighted by Gasteiger charge is -2.20. The van der Waals surface area contributed by atoms with Gasteiger partial charge >= 0.3 is 5.97 Å². The smallest absolute Gasteiger partial charge is 0.335 e. The lowest BCUT2D eigenvalue weighted by atomic mass is 10.4. The third-order valence-corrected chi connectivity index (χ3v) is 3.51. The fourth-order valence-corrected chi connectivity index (χ4v) is 2.19. The van der Waals surface area contributed by atoms with Crippen molar-refractivity contribution in [3.05, 3.63) is 12.2 Å². The van der Waals surface area contributed by atoms with Crippen molar-refractivity contribution in [2.24, 2.45) is 0 Å². The van der Waals surface area contributed by atoms with Gasteiger partial charge in [-0.3, -0.25) is 14.4 Å². The van der Waals surface area contributed by atoms with Gasteiger partial charge in [-0.05, 0) is 6.08 Å². The van der Waals surface area contributed by atoms with Crippen LogP contribution in [-0.4, -0.2) is 78.0 Å². The number of hydrogen-bond donors (Lipinski definition) is 1. The molecule has 1 unspecified atom stereocenters. The Balaban J connectivity index is 1.45. The zero-order valence-corrected chi connectivity index (χ0v) is 13.6. The van der Waals surface area contributed by atoms with E-state index in [1.165, 1.54) is 17.1 Å². The lowest BCUT2D eigenvalue weighted by Crippen LogP contribution is -2.36. The predicted octanol–water partition coefficient (Wildman–Crippen LogP) is -1.27. The molecule has 138 valence electrons. The zero-order valence-electron chi connectivity index (χ0n) is 13.6. The Morgan fingerprint density at radius 3 is 2.32 bits per heavy atom. The summed E-state index contributed by atoms with van der Waals surface area (Å²) in [7, 11) is 0. The second-order valence-electron chi connectivity index (χ2n) is 5.32. The van der Waals surface area contributed by atoms with E-state index in [0.29, 0.717) is 5.06 Å². The number of aliphatic hydroxyl groups is 1. The first-order valence-electron chi connectivity index (χ1n) is 7.88. The van der Waals surface area contributed by atoms with E-state index < -0.39 is 24.0 Å². The Morgan fingerprint density at radius 2 is 1.72 bits per heavy atom. The number of aliphatic hydroxyl groups excluding tert-OH is 1. The van der Waals surface area contributed by atoms with Crippen LogP contribution in [0, 0.1) is 0 Å². The summed E-state index contributed by atoms with van der Waals surface area (Å²) in [4.78, 5) is 51.3. The molecule has 10 nitrogen and oxygen atoms in total. The molecule has 0 aromatic carbocycles. The largest absolute Gasteiger partial charge is 0.378 e. The molecule has 0 aliphatic carbocycles. The summed E-state index contributed by atoms with van der Waals surface area (Å²) in [6.45, 7) is 1.05. The minimum absolute atomic E-state index is 0.0517. The highest BCUT2D eigenvalue weighted by Gasteiger charge is 2.32. The van der Waals surface area contributed by atoms with Crippen molar-refractivity contribution >= 4 is 23.7 Å². The maximum atomic E-state index is 11.5. The van der Waals surface area contributed by atoms with E-state index in [-0.39, 0.29) is 58.1 Å². The van der Waals surface area contributed by atoms with Gasteiger partial charge < -0.3 is 24.3 Å². The maximum Gasteiger partial charge on any atom is 0.335 e. The Hall–Kier alpha value is -2.30. The van der Waals surface area contributed by atoms with Gasteiger partial charge in [0.05, 0.1) is 32.8 Å². The van der Waals surface area contributed by atoms with Gasteiger partial charge in [-0.2, -0.15) is 0 Å². The average molecular weight is 356 g/mol. The molecule has 0 bridgehead atoms. The molecule has 2 aliphatic rings. The Labute approximate surface area is 143 Å². The number of ether oxygens (including phenoxy) is 2. The van der Waals surface area contributed by atoms with E-state index >= 15 is 0 Å². The van der Waals surface area contributed by atoms with Gasteiger partial charge in [0, 0.05) is 25.5 Å². The fourth-order valence-electron chi connectivity index (χ4n) is 2.19. The normalized spacial score (nSPS) is 20.0. The molecule has 3 amide bonds. The summed E-state index contributed by atoms with van der Waals surface area (Å²) in [5.41, 5.74) is 0. The van der Waals surface area contributed by atoms with Crippen molar-refractivity contribution in [1.29, 1.82) is 0 Å². The quantitative estimate of drug-likeness (QED) is 0.380. The van der Waals surface area contributed by atoms with Crippen molar-refractivity contribution in [1.82, 2.24) is 9.96 Å². The number of imide groups is 1. The highest BCUT2D eigenvalue weighted by Crippen LogP contribution is 2.12. The maximum absolute atomic E-state index is 11.5. The molecule has 0 aromatic rings. The summed E-state index contributed by atoms with van der Waals surface area (Å²) in [6.07, 6.45) is 1.79. The summed E-state index contributed by atoms with van der Waals surface area (Å²) in [6, 6.07) is 0. The second-order valence-corrected chi connectivity index (χ2v) is 5.32. The standard InChI is InChI=1S/C15H20N2O8/c18-11-1-2-12(19)16(11)6-8-24-10-9-23-7-5-15(22)25-17-13(20)3-4-14(17)21/h1-2,11,18H,3-10H2. The molecule has 1 atom stereocenters. The second kappa shape index (κ2) is 9.25. The van der Waals surface area contributed by atoms with Gasteiger partial charge in [0.15, 0.2) is 0 Å². The summed E-state index contributed by atoms with van der Waals surface area (Å²) in [5, 5.41) is 9.96. The number of carbonyl (C=O) groups excluding carboxylic acids is 4. The van der Waals surface area contributed by atoms with Crippen LogP contribution in [0.1, 0.15) is 19.3 Å². The van der Waals surface area contributed by atoms with E-state index in [2.05, 4.69) is 4.84 Å². The highest BCUT2D eigenvalue weighted by molar-refractivity contribution is 6.01. The van der Waals surface area contributed by atoms with Crippen molar-refractivity contribution in [3.63, 3.8) is 0 Å². The number of carbonyl (C=O) groups is 4. The molecule has 2 aliphatic heterocycles. The van der Waals surface area contributed by atoms with Crippen molar-refractivity contribution in [2.45, 2.75) is 25.5 Å². The fraction of sp³-hybridized carbons (Fsp3) is 0.600. The van der Waals surface area contributed by atoms with Crippen LogP contribution >= 0.6 is 0 Å². The lowest BCUT2D eigenvalue weighted by molar-refractivity contribution is -0.198. The number of amides is 3. The van der Waals surface area contributed by atoms with E-state index in [0.717, 1.165) is 0 Å². The van der Waals surface area contributed by atoms with Crippen LogP contribution in [0.3, 0.4) is 0 Å². The van der Waals surface area contributed by atoms with Gasteiger partial charge in [-0.15, -0.1) is 5.06 Å². The number of nitrogens with zero attached hydrogens (tertiary/aromatic N) is 2. The zero-order chi connectivity index (χ0) is 18.2. The third-order valence-electron chi connectivity index (χ3n) is 3.51. The Kier molecular flexibility index (Phi) is 7.04. The molecule has 1 N–H and O–H groups in total. The first-order valence-corrected chi connectivity index (χ1v) is 7.88. The summed E-state index contributed by atoms with van der Waals surface area (Å²) < 4.78 is 10.4. The van der Waals surface area contributed by atoms with Gasteiger partial charge in [0.25, 0.3) is 11.8 Å². The Morgan fingerprint density at radius 1 is 1.08 bits per heavy atom. The molecule has 10 heteroatoms. The predicted molar refractivity (Wildman–Crippen MR) is 80.3 cm³/mol. The van der Waals surface area contributed by atoms with Gasteiger partial charge in [-0.1, -0.05) is 0 Å². The topological polar surface area (TPSA) is 123 Å². The molecule has 2 rings (SSSR count). The molecule has 1 saturated heterocycles. The SMILES string of the molecule is O=C(CCOCCOCCN1C(=O)C=CC1O)ON1C(=O)CCC1=O. The van der Waals surface area contributed by atoms with Crippen LogP contribution in [0.15, 0.2) is 12.2 Å². The van der Waals surface area contributed by atoms with Crippen LogP contribution in [0.4, 0.5) is 0 Å².